The van der Waals surface area contributed by atoms with E-state index in [1.165, 1.54) is 7.05 Å². The van der Waals surface area contributed by atoms with Gasteiger partial charge in [0.15, 0.2) is 0 Å². The lowest BCUT2D eigenvalue weighted by Crippen LogP contribution is -2.42. The third kappa shape index (κ3) is 29.5. The van der Waals surface area contributed by atoms with Gasteiger partial charge in [0.1, 0.15) is 19.3 Å². The summed E-state index contributed by atoms with van der Waals surface area (Å²) in [6.45, 7) is 4.41. The number of likely N-dealkylation sites (N-methyl/N-ethyl adjacent to an activating group) is 2. The number of hydrogen-bond acceptors (Lipinski definition) is 11. The summed E-state index contributed by atoms with van der Waals surface area (Å²) in [6, 6.07) is -0.667. The second-order valence-corrected chi connectivity index (χ2v) is 7.74. The predicted octanol–water partition coefficient (Wildman–Crippen LogP) is -3.43. The van der Waals surface area contributed by atoms with Crippen LogP contribution < -0.4 is 32.3 Å². The zero-order valence-electron chi connectivity index (χ0n) is 23.2. The number of rotatable bonds is 23. The SMILES string of the molecule is CCCC(N)C(=O)O.CNCCOCCOCC(=O)NCCOCCOCC(=O)NCC(=O)NCC(=O)NC. The molecule has 0 saturated heterocycles. The Bertz CT molecular complexity index is 684. The van der Waals surface area contributed by atoms with Crippen LogP contribution in [0.1, 0.15) is 19.8 Å². The molecule has 0 bridgehead atoms. The van der Waals surface area contributed by atoms with Crippen LogP contribution in [-0.4, -0.2) is 134 Å². The molecule has 1 unspecified atom stereocenters. The van der Waals surface area contributed by atoms with E-state index in [0.717, 1.165) is 13.0 Å². The van der Waals surface area contributed by atoms with E-state index in [0.29, 0.717) is 39.4 Å². The highest BCUT2D eigenvalue weighted by Crippen LogP contribution is 1.91. The molecule has 0 aliphatic rings. The molecule has 4 amide bonds. The average molecular weight is 567 g/mol. The largest absolute Gasteiger partial charge is 0.480 e. The molecule has 16 heteroatoms. The summed E-state index contributed by atoms with van der Waals surface area (Å²) in [5, 5.41) is 20.8. The minimum atomic E-state index is -0.910. The number of ether oxygens (including phenoxy) is 4. The molecular weight excluding hydrogens is 520 g/mol. The fourth-order valence-electron chi connectivity index (χ4n) is 2.25. The standard InChI is InChI=1S/C18H35N5O8.C5H11NO2/c1-19-3-5-28-7-9-30-13-17(26)21-4-6-29-8-10-31-14-18(27)23-12-16(25)22-11-15(24)20-2;1-2-3-4(6)5(7)8/h19H,3-14H2,1-2H3,(H,20,24)(H,21,26)(H,22,25)(H,23,27);4H,2-3,6H2,1H3,(H,7,8). The fraction of sp³-hybridized carbons (Fsp3) is 0.783. The zero-order chi connectivity index (χ0) is 29.7. The molecule has 1 atom stereocenters. The van der Waals surface area contributed by atoms with Crippen molar-refractivity contribution >= 4 is 29.6 Å². The van der Waals surface area contributed by atoms with E-state index in [2.05, 4.69) is 26.6 Å². The fourth-order valence-corrected chi connectivity index (χ4v) is 2.25. The number of amides is 4. The summed E-state index contributed by atoms with van der Waals surface area (Å²) in [5.74, 6) is -2.43. The summed E-state index contributed by atoms with van der Waals surface area (Å²) < 4.78 is 20.8. The number of nitrogens with one attached hydrogen (secondary N) is 5. The van der Waals surface area contributed by atoms with E-state index in [9.17, 15) is 24.0 Å². The Morgan fingerprint density at radius 3 is 1.67 bits per heavy atom. The molecule has 0 radical (unpaired) electrons. The van der Waals surface area contributed by atoms with Crippen LogP contribution in [-0.2, 0) is 42.9 Å². The van der Waals surface area contributed by atoms with Crippen LogP contribution in [0, 0.1) is 0 Å². The summed E-state index contributed by atoms with van der Waals surface area (Å²) in [7, 11) is 3.29. The zero-order valence-corrected chi connectivity index (χ0v) is 23.2. The van der Waals surface area contributed by atoms with Gasteiger partial charge in [-0.3, -0.25) is 24.0 Å². The van der Waals surface area contributed by atoms with Crippen molar-refractivity contribution in [2.24, 2.45) is 5.73 Å². The Balaban J connectivity index is 0. The summed E-state index contributed by atoms with van der Waals surface area (Å²) in [6.07, 6.45) is 1.39. The van der Waals surface area contributed by atoms with E-state index in [-0.39, 0.29) is 51.3 Å². The van der Waals surface area contributed by atoms with E-state index in [1.807, 2.05) is 14.0 Å². The third-order valence-corrected chi connectivity index (χ3v) is 4.36. The second-order valence-electron chi connectivity index (χ2n) is 7.74. The van der Waals surface area contributed by atoms with Crippen molar-refractivity contribution in [2.75, 3.05) is 93.1 Å². The van der Waals surface area contributed by atoms with Gasteiger partial charge in [-0.1, -0.05) is 13.3 Å². The molecule has 0 aliphatic heterocycles. The number of aliphatic carboxylic acids is 1. The van der Waals surface area contributed by atoms with Crippen molar-refractivity contribution in [3.63, 3.8) is 0 Å². The van der Waals surface area contributed by atoms with Crippen molar-refractivity contribution in [1.82, 2.24) is 26.6 Å². The summed E-state index contributed by atoms with van der Waals surface area (Å²) >= 11 is 0. The maximum Gasteiger partial charge on any atom is 0.320 e. The minimum absolute atomic E-state index is 0.0442. The van der Waals surface area contributed by atoms with Crippen molar-refractivity contribution < 1.29 is 48.0 Å². The normalized spacial score (nSPS) is 11.0. The number of carbonyl (C=O) groups excluding carboxylic acids is 4. The molecule has 0 heterocycles. The number of carboxylic acid groups (broad SMARTS) is 1. The van der Waals surface area contributed by atoms with Crippen molar-refractivity contribution in [2.45, 2.75) is 25.8 Å². The van der Waals surface area contributed by atoms with Crippen LogP contribution >= 0.6 is 0 Å². The molecule has 0 aromatic carbocycles. The minimum Gasteiger partial charge on any atom is -0.480 e. The first kappa shape index (κ1) is 38.3. The van der Waals surface area contributed by atoms with Crippen LogP contribution in [0.25, 0.3) is 0 Å². The average Bonchev–Trinajstić information content (AvgIpc) is 2.91. The quantitative estimate of drug-likeness (QED) is 0.0599. The molecule has 0 rings (SSSR count). The van der Waals surface area contributed by atoms with E-state index >= 15 is 0 Å². The highest BCUT2D eigenvalue weighted by atomic mass is 16.5. The molecule has 0 aliphatic carbocycles. The first-order chi connectivity index (χ1) is 18.7. The molecule has 8 N–H and O–H groups in total. The Kier molecular flexibility index (Phi) is 27.6. The van der Waals surface area contributed by atoms with Gasteiger partial charge >= 0.3 is 5.97 Å². The monoisotopic (exact) mass is 566 g/mol. The van der Waals surface area contributed by atoms with E-state index in [4.69, 9.17) is 29.8 Å². The molecule has 0 spiro atoms. The molecule has 0 saturated carbocycles. The number of carboxylic acids is 1. The van der Waals surface area contributed by atoms with Crippen molar-refractivity contribution in [1.29, 1.82) is 0 Å². The lowest BCUT2D eigenvalue weighted by Gasteiger charge is -2.09. The lowest BCUT2D eigenvalue weighted by molar-refractivity contribution is -0.138. The maximum atomic E-state index is 11.5. The maximum absolute atomic E-state index is 11.5. The predicted molar refractivity (Wildman–Crippen MR) is 141 cm³/mol. The van der Waals surface area contributed by atoms with Crippen LogP contribution in [0.5, 0.6) is 0 Å². The highest BCUT2D eigenvalue weighted by molar-refractivity contribution is 5.88. The third-order valence-electron chi connectivity index (χ3n) is 4.36. The van der Waals surface area contributed by atoms with Crippen molar-refractivity contribution in [3.8, 4) is 0 Å². The first-order valence-corrected chi connectivity index (χ1v) is 12.6. The van der Waals surface area contributed by atoms with Gasteiger partial charge in [-0.15, -0.1) is 0 Å². The Hall–Kier alpha value is -2.89. The molecule has 0 aromatic rings. The molecule has 0 aromatic heterocycles. The van der Waals surface area contributed by atoms with Crippen LogP contribution in [0.3, 0.4) is 0 Å². The Labute approximate surface area is 229 Å². The van der Waals surface area contributed by atoms with E-state index < -0.39 is 23.8 Å². The van der Waals surface area contributed by atoms with Gasteiger partial charge in [-0.05, 0) is 13.5 Å². The smallest absolute Gasteiger partial charge is 0.320 e. The number of hydrogen-bond donors (Lipinski definition) is 7. The molecule has 16 nitrogen and oxygen atoms in total. The summed E-state index contributed by atoms with van der Waals surface area (Å²) in [4.78, 5) is 55.4. The van der Waals surface area contributed by atoms with Crippen molar-refractivity contribution in [3.05, 3.63) is 0 Å². The Morgan fingerprint density at radius 2 is 1.18 bits per heavy atom. The molecule has 0 fully saturated rings. The summed E-state index contributed by atoms with van der Waals surface area (Å²) in [5.41, 5.74) is 5.13. The van der Waals surface area contributed by atoms with Gasteiger partial charge in [0, 0.05) is 20.1 Å². The number of carbonyl (C=O) groups is 5. The van der Waals surface area contributed by atoms with Gasteiger partial charge in [0.2, 0.25) is 23.6 Å². The topological polar surface area (TPSA) is 229 Å². The van der Waals surface area contributed by atoms with Gasteiger partial charge in [0.25, 0.3) is 0 Å². The number of nitrogens with two attached hydrogens (primary N) is 1. The molecular formula is C23H46N6O10. The van der Waals surface area contributed by atoms with Crippen LogP contribution in [0.4, 0.5) is 0 Å². The van der Waals surface area contributed by atoms with Gasteiger partial charge < -0.3 is 56.4 Å². The highest BCUT2D eigenvalue weighted by Gasteiger charge is 2.08. The van der Waals surface area contributed by atoms with Crippen LogP contribution in [0.15, 0.2) is 0 Å². The Morgan fingerprint density at radius 1 is 0.692 bits per heavy atom. The molecule has 228 valence electrons. The van der Waals surface area contributed by atoms with E-state index in [1.54, 1.807) is 0 Å². The second kappa shape index (κ2) is 28.1. The van der Waals surface area contributed by atoms with Crippen LogP contribution in [0.2, 0.25) is 0 Å². The van der Waals surface area contributed by atoms with Gasteiger partial charge in [-0.2, -0.15) is 0 Å². The lowest BCUT2D eigenvalue weighted by atomic mass is 10.2. The van der Waals surface area contributed by atoms with Gasteiger partial charge in [-0.25, -0.2) is 0 Å². The first-order valence-electron chi connectivity index (χ1n) is 12.6. The molecule has 39 heavy (non-hydrogen) atoms. The van der Waals surface area contributed by atoms with Gasteiger partial charge in [0.05, 0.1) is 52.7 Å².